The summed E-state index contributed by atoms with van der Waals surface area (Å²) in [7, 11) is 0. The monoisotopic (exact) mass is 331 g/mol. The molecule has 0 amide bonds. The van der Waals surface area contributed by atoms with Crippen LogP contribution in [0.5, 0.6) is 0 Å². The molecule has 0 spiro atoms. The number of halogens is 2. The molecule has 0 bridgehead atoms. The lowest BCUT2D eigenvalue weighted by atomic mass is 10.2. The first kappa shape index (κ1) is 14.3. The molecule has 0 aliphatic carbocycles. The van der Waals surface area contributed by atoms with E-state index in [0.29, 0.717) is 0 Å². The van der Waals surface area contributed by atoms with Gasteiger partial charge in [-0.15, -0.1) is 11.3 Å². The van der Waals surface area contributed by atoms with E-state index < -0.39 is 0 Å². The Morgan fingerprint density at radius 3 is 2.43 bits per heavy atom. The lowest BCUT2D eigenvalue weighted by Gasteiger charge is -1.96. The molecule has 0 saturated heterocycles. The molecule has 104 valence electrons. The highest BCUT2D eigenvalue weighted by Crippen LogP contribution is 2.25. The van der Waals surface area contributed by atoms with Crippen molar-refractivity contribution in [2.24, 2.45) is 0 Å². The molecular weight excluding hydrogens is 321 g/mol. The molecule has 0 atom stereocenters. The SMILES string of the molecule is Clc1ccc(-c2csc(/C=C/c3ccccc3Cl)n2)cc1. The molecule has 0 N–H and O–H groups in total. The van der Waals surface area contributed by atoms with Gasteiger partial charge < -0.3 is 0 Å². The number of thiazole rings is 1. The summed E-state index contributed by atoms with van der Waals surface area (Å²) in [5.41, 5.74) is 3.01. The maximum atomic E-state index is 6.13. The molecule has 1 nitrogen and oxygen atoms in total. The second kappa shape index (κ2) is 6.44. The summed E-state index contributed by atoms with van der Waals surface area (Å²) in [4.78, 5) is 4.60. The summed E-state index contributed by atoms with van der Waals surface area (Å²) >= 11 is 13.6. The zero-order valence-electron chi connectivity index (χ0n) is 11.0. The van der Waals surface area contributed by atoms with Crippen LogP contribution in [0.25, 0.3) is 23.4 Å². The van der Waals surface area contributed by atoms with Gasteiger partial charge in [0.25, 0.3) is 0 Å². The fraction of sp³-hybridized carbons (Fsp3) is 0. The summed E-state index contributed by atoms with van der Waals surface area (Å²) in [5, 5.41) is 4.45. The number of aromatic nitrogens is 1. The number of hydrogen-bond donors (Lipinski definition) is 0. The average Bonchev–Trinajstić information content (AvgIpc) is 2.96. The van der Waals surface area contributed by atoms with Gasteiger partial charge in [-0.3, -0.25) is 0 Å². The van der Waals surface area contributed by atoms with Gasteiger partial charge in [-0.05, 0) is 29.8 Å². The average molecular weight is 332 g/mol. The van der Waals surface area contributed by atoms with Gasteiger partial charge in [0.15, 0.2) is 0 Å². The molecule has 0 fully saturated rings. The summed E-state index contributed by atoms with van der Waals surface area (Å²) in [6, 6.07) is 15.4. The molecule has 1 heterocycles. The van der Waals surface area contributed by atoms with Crippen LogP contribution in [0.2, 0.25) is 10.0 Å². The van der Waals surface area contributed by atoms with Crippen molar-refractivity contribution in [3.05, 3.63) is 74.5 Å². The molecular formula is C17H11Cl2NS. The van der Waals surface area contributed by atoms with Crippen LogP contribution in [0, 0.1) is 0 Å². The molecule has 21 heavy (non-hydrogen) atoms. The Bertz CT molecular complexity index is 775. The standard InChI is InChI=1S/C17H11Cl2NS/c18-14-8-5-13(6-9-14)16-11-21-17(20-16)10-7-12-3-1-2-4-15(12)19/h1-11H/b10-7+. The van der Waals surface area contributed by atoms with Crippen LogP contribution in [-0.4, -0.2) is 4.98 Å². The van der Waals surface area contributed by atoms with Crippen molar-refractivity contribution in [3.63, 3.8) is 0 Å². The summed E-state index contributed by atoms with van der Waals surface area (Å²) < 4.78 is 0. The third-order valence-electron chi connectivity index (χ3n) is 2.97. The van der Waals surface area contributed by atoms with Crippen molar-refractivity contribution in [2.45, 2.75) is 0 Å². The van der Waals surface area contributed by atoms with Crippen molar-refractivity contribution in [1.82, 2.24) is 4.98 Å². The van der Waals surface area contributed by atoms with Crippen LogP contribution in [0.1, 0.15) is 10.6 Å². The highest BCUT2D eigenvalue weighted by atomic mass is 35.5. The first-order valence-corrected chi connectivity index (χ1v) is 8.00. The summed E-state index contributed by atoms with van der Waals surface area (Å²) in [5.74, 6) is 0. The minimum absolute atomic E-state index is 0.729. The van der Waals surface area contributed by atoms with E-state index in [0.717, 1.165) is 31.9 Å². The third kappa shape index (κ3) is 3.53. The molecule has 2 aromatic carbocycles. The Labute approximate surface area is 137 Å². The molecule has 0 unspecified atom stereocenters. The van der Waals surface area contributed by atoms with Crippen LogP contribution in [-0.2, 0) is 0 Å². The lowest BCUT2D eigenvalue weighted by Crippen LogP contribution is -1.78. The second-order valence-electron chi connectivity index (χ2n) is 4.43. The number of hydrogen-bond acceptors (Lipinski definition) is 2. The molecule has 3 rings (SSSR count). The maximum absolute atomic E-state index is 6.13. The van der Waals surface area contributed by atoms with Crippen molar-refractivity contribution in [2.75, 3.05) is 0 Å². The highest BCUT2D eigenvalue weighted by molar-refractivity contribution is 7.10. The summed E-state index contributed by atoms with van der Waals surface area (Å²) in [6.45, 7) is 0. The van der Waals surface area contributed by atoms with Crippen molar-refractivity contribution < 1.29 is 0 Å². The Morgan fingerprint density at radius 2 is 1.67 bits per heavy atom. The molecule has 4 heteroatoms. The smallest absolute Gasteiger partial charge is 0.116 e. The van der Waals surface area contributed by atoms with Crippen molar-refractivity contribution in [3.8, 4) is 11.3 Å². The van der Waals surface area contributed by atoms with Gasteiger partial charge in [-0.2, -0.15) is 0 Å². The number of nitrogens with zero attached hydrogens (tertiary/aromatic N) is 1. The molecule has 0 saturated carbocycles. The first-order valence-electron chi connectivity index (χ1n) is 6.36. The largest absolute Gasteiger partial charge is 0.237 e. The Balaban J connectivity index is 1.82. The minimum atomic E-state index is 0.729. The van der Waals surface area contributed by atoms with Crippen molar-refractivity contribution >= 4 is 46.7 Å². The second-order valence-corrected chi connectivity index (χ2v) is 6.17. The number of benzene rings is 2. The van der Waals surface area contributed by atoms with Crippen LogP contribution in [0.15, 0.2) is 53.9 Å². The predicted molar refractivity (Wildman–Crippen MR) is 92.9 cm³/mol. The summed E-state index contributed by atoms with van der Waals surface area (Å²) in [6.07, 6.45) is 3.96. The molecule has 0 aliphatic heterocycles. The van der Waals surface area contributed by atoms with Crippen molar-refractivity contribution in [1.29, 1.82) is 0 Å². The predicted octanol–water partition coefficient (Wildman–Crippen LogP) is 6.29. The van der Waals surface area contributed by atoms with Crippen LogP contribution in [0.3, 0.4) is 0 Å². The Morgan fingerprint density at radius 1 is 0.905 bits per heavy atom. The highest BCUT2D eigenvalue weighted by Gasteiger charge is 2.03. The van der Waals surface area contributed by atoms with E-state index in [-0.39, 0.29) is 0 Å². The van der Waals surface area contributed by atoms with Crippen LogP contribution in [0.4, 0.5) is 0 Å². The molecule has 3 aromatic rings. The zero-order chi connectivity index (χ0) is 14.7. The maximum Gasteiger partial charge on any atom is 0.116 e. The van der Waals surface area contributed by atoms with E-state index in [9.17, 15) is 0 Å². The van der Waals surface area contributed by atoms with E-state index in [4.69, 9.17) is 23.2 Å². The van der Waals surface area contributed by atoms with Crippen LogP contribution >= 0.6 is 34.5 Å². The molecule has 0 radical (unpaired) electrons. The van der Waals surface area contributed by atoms with Gasteiger partial charge >= 0.3 is 0 Å². The van der Waals surface area contributed by atoms with E-state index >= 15 is 0 Å². The number of rotatable bonds is 3. The van der Waals surface area contributed by atoms with E-state index in [2.05, 4.69) is 4.98 Å². The molecule has 1 aromatic heterocycles. The van der Waals surface area contributed by atoms with Gasteiger partial charge in [0.05, 0.1) is 5.69 Å². The fourth-order valence-electron chi connectivity index (χ4n) is 1.89. The van der Waals surface area contributed by atoms with E-state index in [1.807, 2.05) is 66.1 Å². The van der Waals surface area contributed by atoms with Gasteiger partial charge in [0.2, 0.25) is 0 Å². The van der Waals surface area contributed by atoms with Crippen LogP contribution < -0.4 is 0 Å². The van der Waals surface area contributed by atoms with Gasteiger partial charge in [0.1, 0.15) is 5.01 Å². The normalized spacial score (nSPS) is 11.1. The van der Waals surface area contributed by atoms with Gasteiger partial charge in [-0.25, -0.2) is 4.98 Å². The topological polar surface area (TPSA) is 12.9 Å². The zero-order valence-corrected chi connectivity index (χ0v) is 13.3. The van der Waals surface area contributed by atoms with E-state index in [1.54, 1.807) is 11.3 Å². The third-order valence-corrected chi connectivity index (χ3v) is 4.38. The van der Waals surface area contributed by atoms with Gasteiger partial charge in [-0.1, -0.05) is 59.6 Å². The fourth-order valence-corrected chi connectivity index (χ4v) is 2.93. The van der Waals surface area contributed by atoms with E-state index in [1.165, 1.54) is 0 Å². The Hall–Kier alpha value is -1.61. The minimum Gasteiger partial charge on any atom is -0.237 e. The molecule has 0 aliphatic rings. The quantitative estimate of drug-likeness (QED) is 0.549. The Kier molecular flexibility index (Phi) is 4.39. The lowest BCUT2D eigenvalue weighted by molar-refractivity contribution is 1.38. The van der Waals surface area contributed by atoms with Gasteiger partial charge in [0, 0.05) is 21.0 Å². The first-order chi connectivity index (χ1) is 10.2.